The molecule has 0 saturated heterocycles. The van der Waals surface area contributed by atoms with Crippen molar-refractivity contribution in [1.29, 1.82) is 0 Å². The van der Waals surface area contributed by atoms with E-state index in [0.29, 0.717) is 29.7 Å². The molecule has 138 valence electrons. The van der Waals surface area contributed by atoms with Gasteiger partial charge in [-0.3, -0.25) is 4.79 Å². The Labute approximate surface area is 162 Å². The smallest absolute Gasteiger partial charge is 0.244 e. The summed E-state index contributed by atoms with van der Waals surface area (Å²) in [5.41, 5.74) is 1.83. The Morgan fingerprint density at radius 2 is 1.93 bits per heavy atom. The van der Waals surface area contributed by atoms with Crippen LogP contribution in [0.1, 0.15) is 11.3 Å². The van der Waals surface area contributed by atoms with Crippen LogP contribution >= 0.6 is 11.6 Å². The highest BCUT2D eigenvalue weighted by molar-refractivity contribution is 6.30. The minimum absolute atomic E-state index is 0.165. The van der Waals surface area contributed by atoms with Crippen molar-refractivity contribution in [3.8, 4) is 5.82 Å². The van der Waals surface area contributed by atoms with E-state index < -0.39 is 0 Å². The number of anilines is 1. The second kappa shape index (κ2) is 8.95. The third-order valence-electron chi connectivity index (χ3n) is 3.64. The van der Waals surface area contributed by atoms with Crippen LogP contribution in [-0.2, 0) is 4.79 Å². The molecule has 7 nitrogen and oxygen atoms in total. The Bertz CT molecular complexity index is 918. The zero-order chi connectivity index (χ0) is 19.1. The molecule has 0 spiro atoms. The van der Waals surface area contributed by atoms with Gasteiger partial charge in [0.25, 0.3) is 0 Å². The first-order valence-electron chi connectivity index (χ1n) is 8.42. The molecule has 1 aromatic carbocycles. The molecule has 0 fully saturated rings. The van der Waals surface area contributed by atoms with Crippen molar-refractivity contribution >= 4 is 29.4 Å². The zero-order valence-corrected chi connectivity index (χ0v) is 15.5. The molecule has 0 saturated carbocycles. The lowest BCUT2D eigenvalue weighted by molar-refractivity contribution is -0.116. The molecule has 0 aliphatic rings. The maximum Gasteiger partial charge on any atom is 0.244 e. The number of carbonyl (C=O) groups is 1. The maximum atomic E-state index is 11.8. The van der Waals surface area contributed by atoms with Gasteiger partial charge < -0.3 is 10.6 Å². The van der Waals surface area contributed by atoms with Gasteiger partial charge in [0, 0.05) is 30.4 Å². The van der Waals surface area contributed by atoms with Gasteiger partial charge in [-0.05, 0) is 48.9 Å². The van der Waals surface area contributed by atoms with Gasteiger partial charge in [0.1, 0.15) is 5.82 Å². The number of carbonyl (C=O) groups excluding carboxylic acids is 1. The normalized spacial score (nSPS) is 10.9. The number of hydrogen-bond donors (Lipinski definition) is 2. The summed E-state index contributed by atoms with van der Waals surface area (Å²) in [4.78, 5) is 11.8. The zero-order valence-electron chi connectivity index (χ0n) is 14.8. The van der Waals surface area contributed by atoms with Crippen LogP contribution in [0.25, 0.3) is 11.9 Å². The third kappa shape index (κ3) is 5.65. The number of halogens is 1. The summed E-state index contributed by atoms with van der Waals surface area (Å²) in [6.07, 6.45) is 5.06. The van der Waals surface area contributed by atoms with Crippen molar-refractivity contribution in [2.24, 2.45) is 0 Å². The summed E-state index contributed by atoms with van der Waals surface area (Å²) < 4.78 is 1.67. The number of amides is 1. The molecule has 1 amide bonds. The highest BCUT2D eigenvalue weighted by Crippen LogP contribution is 2.10. The van der Waals surface area contributed by atoms with Gasteiger partial charge >= 0.3 is 0 Å². The van der Waals surface area contributed by atoms with Crippen molar-refractivity contribution in [2.45, 2.75) is 6.92 Å². The second-order valence-corrected chi connectivity index (χ2v) is 6.22. The average molecular weight is 383 g/mol. The first-order valence-corrected chi connectivity index (χ1v) is 8.80. The van der Waals surface area contributed by atoms with Crippen molar-refractivity contribution in [3.63, 3.8) is 0 Å². The van der Waals surface area contributed by atoms with E-state index in [1.807, 2.05) is 43.5 Å². The van der Waals surface area contributed by atoms with E-state index in [1.54, 1.807) is 22.9 Å². The third-order valence-corrected chi connectivity index (χ3v) is 3.89. The molecule has 2 aromatic heterocycles. The Balaban J connectivity index is 1.40. The first-order chi connectivity index (χ1) is 13.1. The van der Waals surface area contributed by atoms with Gasteiger partial charge in [0.2, 0.25) is 5.91 Å². The molecule has 8 heteroatoms. The van der Waals surface area contributed by atoms with Crippen LogP contribution in [-0.4, -0.2) is 39.0 Å². The molecule has 0 aliphatic heterocycles. The van der Waals surface area contributed by atoms with Gasteiger partial charge in [-0.1, -0.05) is 23.7 Å². The minimum Gasteiger partial charge on any atom is -0.367 e. The van der Waals surface area contributed by atoms with Crippen LogP contribution in [0.15, 0.2) is 54.7 Å². The summed E-state index contributed by atoms with van der Waals surface area (Å²) >= 11 is 5.83. The van der Waals surface area contributed by atoms with Crippen LogP contribution in [0, 0.1) is 6.92 Å². The molecule has 0 bridgehead atoms. The monoisotopic (exact) mass is 382 g/mol. The lowest BCUT2D eigenvalue weighted by atomic mass is 10.2. The largest absolute Gasteiger partial charge is 0.367 e. The van der Waals surface area contributed by atoms with Gasteiger partial charge in [0.05, 0.1) is 5.69 Å². The highest BCUT2D eigenvalue weighted by Gasteiger charge is 2.01. The predicted octanol–water partition coefficient (Wildman–Crippen LogP) is 2.87. The fourth-order valence-electron chi connectivity index (χ4n) is 2.27. The number of rotatable bonds is 7. The Morgan fingerprint density at radius 3 is 2.59 bits per heavy atom. The first kappa shape index (κ1) is 18.6. The van der Waals surface area contributed by atoms with Gasteiger partial charge in [-0.25, -0.2) is 4.68 Å². The summed E-state index contributed by atoms with van der Waals surface area (Å²) in [5.74, 6) is 1.12. The van der Waals surface area contributed by atoms with E-state index in [0.717, 1.165) is 11.3 Å². The van der Waals surface area contributed by atoms with E-state index >= 15 is 0 Å². The second-order valence-electron chi connectivity index (χ2n) is 5.78. The summed E-state index contributed by atoms with van der Waals surface area (Å²) in [6.45, 7) is 2.92. The summed E-state index contributed by atoms with van der Waals surface area (Å²) in [5, 5.41) is 19.1. The molecular weight excluding hydrogens is 364 g/mol. The fourth-order valence-corrected chi connectivity index (χ4v) is 2.39. The van der Waals surface area contributed by atoms with E-state index in [-0.39, 0.29) is 5.91 Å². The van der Waals surface area contributed by atoms with Crippen molar-refractivity contribution in [2.75, 3.05) is 18.4 Å². The lowest BCUT2D eigenvalue weighted by Crippen LogP contribution is -2.27. The van der Waals surface area contributed by atoms with Crippen LogP contribution in [0.4, 0.5) is 5.82 Å². The number of nitrogens with one attached hydrogen (secondary N) is 2. The SMILES string of the molecule is Cc1ccn(-c2ccc(NCCNC(=O)/C=C/c3ccc(Cl)cc3)nn2)n1. The van der Waals surface area contributed by atoms with Crippen molar-refractivity contribution in [1.82, 2.24) is 25.3 Å². The van der Waals surface area contributed by atoms with E-state index in [1.165, 1.54) is 6.08 Å². The van der Waals surface area contributed by atoms with E-state index in [9.17, 15) is 4.79 Å². The van der Waals surface area contributed by atoms with Crippen LogP contribution in [0.3, 0.4) is 0 Å². The van der Waals surface area contributed by atoms with E-state index in [2.05, 4.69) is 25.9 Å². The number of nitrogens with zero attached hydrogens (tertiary/aromatic N) is 4. The number of aryl methyl sites for hydroxylation is 1. The Morgan fingerprint density at radius 1 is 1.11 bits per heavy atom. The van der Waals surface area contributed by atoms with Crippen LogP contribution < -0.4 is 10.6 Å². The quantitative estimate of drug-likeness (QED) is 0.485. The maximum absolute atomic E-state index is 11.8. The molecule has 0 atom stereocenters. The standard InChI is InChI=1S/C19H19ClN6O/c1-14-10-13-26(25-14)18-8-7-17(23-24-18)21-11-12-22-19(27)9-4-15-2-5-16(20)6-3-15/h2-10,13H,11-12H2,1H3,(H,21,23)(H,22,27)/b9-4+. The number of benzene rings is 1. The Hall–Kier alpha value is -3.19. The molecule has 0 unspecified atom stereocenters. The predicted molar refractivity (Wildman–Crippen MR) is 106 cm³/mol. The molecule has 27 heavy (non-hydrogen) atoms. The van der Waals surface area contributed by atoms with Gasteiger partial charge in [-0.15, -0.1) is 10.2 Å². The van der Waals surface area contributed by atoms with E-state index in [4.69, 9.17) is 11.6 Å². The topological polar surface area (TPSA) is 84.7 Å². The molecule has 2 heterocycles. The van der Waals surface area contributed by atoms with Gasteiger partial charge in [0.15, 0.2) is 5.82 Å². The minimum atomic E-state index is -0.165. The average Bonchev–Trinajstić information content (AvgIpc) is 3.12. The number of aromatic nitrogens is 4. The summed E-state index contributed by atoms with van der Waals surface area (Å²) in [6, 6.07) is 12.8. The fraction of sp³-hybridized carbons (Fsp3) is 0.158. The molecular formula is C19H19ClN6O. The number of hydrogen-bond acceptors (Lipinski definition) is 5. The van der Waals surface area contributed by atoms with Gasteiger partial charge in [-0.2, -0.15) is 5.10 Å². The van der Waals surface area contributed by atoms with Crippen molar-refractivity contribution in [3.05, 3.63) is 71.0 Å². The molecule has 3 rings (SSSR count). The summed E-state index contributed by atoms with van der Waals surface area (Å²) in [7, 11) is 0. The molecule has 0 aliphatic carbocycles. The van der Waals surface area contributed by atoms with Crippen molar-refractivity contribution < 1.29 is 4.79 Å². The van der Waals surface area contributed by atoms with Crippen LogP contribution in [0.2, 0.25) is 5.02 Å². The van der Waals surface area contributed by atoms with Crippen LogP contribution in [0.5, 0.6) is 0 Å². The Kier molecular flexibility index (Phi) is 6.17. The molecule has 0 radical (unpaired) electrons. The molecule has 3 aromatic rings. The lowest BCUT2D eigenvalue weighted by Gasteiger charge is -2.06. The highest BCUT2D eigenvalue weighted by atomic mass is 35.5. The molecule has 2 N–H and O–H groups in total.